The van der Waals surface area contributed by atoms with Gasteiger partial charge in [0.25, 0.3) is 11.6 Å². The minimum absolute atomic E-state index is 0.00821. The Hall–Kier alpha value is -1.60. The fraction of sp³-hybridized carbons (Fsp3) is 0.462. The number of carbonyl (C=O) groups excluding carboxylic acids is 1. The minimum atomic E-state index is -0.441. The molecule has 0 radical (unpaired) electrons. The largest absolute Gasteiger partial charge is 0.333 e. The number of piperazine rings is 1. The Morgan fingerprint density at radius 2 is 2.30 bits per heavy atom. The van der Waals surface area contributed by atoms with Crippen LogP contribution in [0.3, 0.4) is 0 Å². The van der Waals surface area contributed by atoms with Crippen molar-refractivity contribution >= 4 is 23.4 Å². The first-order chi connectivity index (χ1) is 9.54. The molecule has 1 aromatic carbocycles. The molecule has 0 saturated carbocycles. The Balaban J connectivity index is 2.30. The monoisotopic (exact) mass is 295 g/mol. The highest BCUT2D eigenvalue weighted by Gasteiger charge is 2.26. The van der Waals surface area contributed by atoms with Gasteiger partial charge in [0.1, 0.15) is 0 Å². The molecule has 0 unspecified atom stereocenters. The van der Waals surface area contributed by atoms with E-state index in [1.807, 2.05) is 6.92 Å². The lowest BCUT2D eigenvalue weighted by molar-refractivity contribution is -0.387. The van der Waals surface area contributed by atoms with Crippen LogP contribution in [0.5, 0.6) is 0 Å². The van der Waals surface area contributed by atoms with E-state index >= 15 is 0 Å². The maximum Gasteiger partial charge on any atom is 0.283 e. The van der Waals surface area contributed by atoms with Crippen LogP contribution in [0.4, 0.5) is 5.69 Å². The smallest absolute Gasteiger partial charge is 0.283 e. The van der Waals surface area contributed by atoms with Gasteiger partial charge in [0, 0.05) is 37.3 Å². The second-order valence-corrected chi connectivity index (χ2v) is 5.54. The average Bonchev–Trinajstić information content (AvgIpc) is 2.46. The molecular formula is C13H17N3O3S. The molecule has 1 amide bonds. The van der Waals surface area contributed by atoms with E-state index in [1.165, 1.54) is 17.8 Å². The predicted molar refractivity (Wildman–Crippen MR) is 78.2 cm³/mol. The van der Waals surface area contributed by atoms with E-state index < -0.39 is 4.92 Å². The molecule has 1 heterocycles. The van der Waals surface area contributed by atoms with Crippen molar-refractivity contribution in [3.63, 3.8) is 0 Å². The number of hydrogen-bond acceptors (Lipinski definition) is 5. The van der Waals surface area contributed by atoms with Crippen LogP contribution >= 0.6 is 11.8 Å². The van der Waals surface area contributed by atoms with Gasteiger partial charge in [0.05, 0.1) is 9.82 Å². The van der Waals surface area contributed by atoms with Gasteiger partial charge in [-0.3, -0.25) is 14.9 Å². The second kappa shape index (κ2) is 6.23. The zero-order valence-electron chi connectivity index (χ0n) is 11.5. The van der Waals surface area contributed by atoms with Gasteiger partial charge in [-0.15, -0.1) is 11.8 Å². The van der Waals surface area contributed by atoms with Crippen molar-refractivity contribution in [2.24, 2.45) is 0 Å². The summed E-state index contributed by atoms with van der Waals surface area (Å²) in [5.74, 6) is -0.144. The van der Waals surface area contributed by atoms with E-state index in [-0.39, 0.29) is 17.6 Å². The maximum absolute atomic E-state index is 12.5. The van der Waals surface area contributed by atoms with Gasteiger partial charge < -0.3 is 10.2 Å². The van der Waals surface area contributed by atoms with Crippen LogP contribution in [-0.2, 0) is 0 Å². The Morgan fingerprint density at radius 3 is 2.90 bits per heavy atom. The Morgan fingerprint density at radius 1 is 1.55 bits per heavy atom. The molecule has 0 spiro atoms. The fourth-order valence-corrected chi connectivity index (χ4v) is 2.82. The first-order valence-corrected chi connectivity index (χ1v) is 7.61. The van der Waals surface area contributed by atoms with Crippen LogP contribution in [0, 0.1) is 10.1 Å². The van der Waals surface area contributed by atoms with Crippen LogP contribution in [0.15, 0.2) is 23.1 Å². The summed E-state index contributed by atoms with van der Waals surface area (Å²) in [6.45, 7) is 4.09. The first-order valence-electron chi connectivity index (χ1n) is 6.38. The molecule has 20 heavy (non-hydrogen) atoms. The summed E-state index contributed by atoms with van der Waals surface area (Å²) in [5.41, 5.74) is 0.370. The van der Waals surface area contributed by atoms with E-state index in [9.17, 15) is 14.9 Å². The third-order valence-corrected chi connectivity index (χ3v) is 4.17. The quantitative estimate of drug-likeness (QED) is 0.522. The molecule has 1 atom stereocenters. The third-order valence-electron chi connectivity index (χ3n) is 3.38. The molecule has 0 aliphatic carbocycles. The molecule has 7 heteroatoms. The topological polar surface area (TPSA) is 75.5 Å². The lowest BCUT2D eigenvalue weighted by Gasteiger charge is -2.34. The maximum atomic E-state index is 12.5. The minimum Gasteiger partial charge on any atom is -0.333 e. The van der Waals surface area contributed by atoms with Gasteiger partial charge >= 0.3 is 0 Å². The zero-order valence-corrected chi connectivity index (χ0v) is 12.3. The van der Waals surface area contributed by atoms with Crippen molar-refractivity contribution in [3.05, 3.63) is 33.9 Å². The number of amides is 1. The van der Waals surface area contributed by atoms with Crippen LogP contribution in [0.25, 0.3) is 0 Å². The van der Waals surface area contributed by atoms with Crippen molar-refractivity contribution in [2.75, 3.05) is 25.9 Å². The SMILES string of the molecule is CSc1ccc(C(=O)N2CCNC[C@@H]2C)cc1[N+](=O)[O-]. The number of carbonyl (C=O) groups is 1. The number of nitrogens with one attached hydrogen (secondary N) is 1. The van der Waals surface area contributed by atoms with E-state index in [0.29, 0.717) is 17.0 Å². The summed E-state index contributed by atoms with van der Waals surface area (Å²) in [7, 11) is 0. The summed E-state index contributed by atoms with van der Waals surface area (Å²) < 4.78 is 0. The lowest BCUT2D eigenvalue weighted by Crippen LogP contribution is -2.52. The van der Waals surface area contributed by atoms with Crippen LogP contribution < -0.4 is 5.32 Å². The summed E-state index contributed by atoms with van der Waals surface area (Å²) >= 11 is 1.30. The molecule has 1 fully saturated rings. The number of nitro benzene ring substituents is 1. The molecule has 1 aromatic rings. The molecule has 1 aliphatic heterocycles. The van der Waals surface area contributed by atoms with Gasteiger partial charge in [-0.05, 0) is 25.3 Å². The van der Waals surface area contributed by atoms with Crippen molar-refractivity contribution in [1.29, 1.82) is 0 Å². The summed E-state index contributed by atoms with van der Waals surface area (Å²) in [6, 6.07) is 4.78. The molecule has 1 N–H and O–H groups in total. The number of hydrogen-bond donors (Lipinski definition) is 1. The van der Waals surface area contributed by atoms with Crippen molar-refractivity contribution in [3.8, 4) is 0 Å². The second-order valence-electron chi connectivity index (χ2n) is 4.70. The van der Waals surface area contributed by atoms with Gasteiger partial charge in [-0.25, -0.2) is 0 Å². The van der Waals surface area contributed by atoms with E-state index in [0.717, 1.165) is 13.1 Å². The summed E-state index contributed by atoms with van der Waals surface area (Å²) in [5, 5.41) is 14.3. The zero-order chi connectivity index (χ0) is 14.7. The highest BCUT2D eigenvalue weighted by Crippen LogP contribution is 2.28. The number of rotatable bonds is 3. The molecule has 0 bridgehead atoms. The normalized spacial score (nSPS) is 18.9. The number of benzene rings is 1. The molecule has 1 aliphatic rings. The standard InChI is InChI=1S/C13H17N3O3S/c1-9-8-14-5-6-15(9)13(17)10-3-4-12(20-2)11(7-10)16(18)19/h3-4,7,9,14H,5-6,8H2,1-2H3/t9-/m0/s1. The summed E-state index contributed by atoms with van der Waals surface area (Å²) in [6.07, 6.45) is 1.78. The molecule has 2 rings (SSSR count). The molecule has 6 nitrogen and oxygen atoms in total. The average molecular weight is 295 g/mol. The Kier molecular flexibility index (Phi) is 4.61. The number of nitrogens with zero attached hydrogens (tertiary/aromatic N) is 2. The van der Waals surface area contributed by atoms with Crippen molar-refractivity contribution in [2.45, 2.75) is 17.9 Å². The van der Waals surface area contributed by atoms with Gasteiger partial charge in [0.15, 0.2) is 0 Å². The number of nitro groups is 1. The fourth-order valence-electron chi connectivity index (χ4n) is 2.27. The van der Waals surface area contributed by atoms with Crippen LogP contribution in [-0.4, -0.2) is 47.7 Å². The van der Waals surface area contributed by atoms with Crippen LogP contribution in [0.2, 0.25) is 0 Å². The van der Waals surface area contributed by atoms with E-state index in [4.69, 9.17) is 0 Å². The molecule has 108 valence electrons. The Labute approximate surface area is 121 Å². The number of thioether (sulfide) groups is 1. The molecular weight excluding hydrogens is 278 g/mol. The first kappa shape index (κ1) is 14.8. The third kappa shape index (κ3) is 2.94. The van der Waals surface area contributed by atoms with Gasteiger partial charge in [-0.1, -0.05) is 0 Å². The highest BCUT2D eigenvalue weighted by atomic mass is 32.2. The molecule has 0 aromatic heterocycles. The summed E-state index contributed by atoms with van der Waals surface area (Å²) in [4.78, 5) is 25.4. The molecule has 1 saturated heterocycles. The van der Waals surface area contributed by atoms with E-state index in [1.54, 1.807) is 23.3 Å². The highest BCUT2D eigenvalue weighted by molar-refractivity contribution is 7.98. The van der Waals surface area contributed by atoms with Gasteiger partial charge in [-0.2, -0.15) is 0 Å². The lowest BCUT2D eigenvalue weighted by atomic mass is 10.1. The van der Waals surface area contributed by atoms with Crippen LogP contribution in [0.1, 0.15) is 17.3 Å². The predicted octanol–water partition coefficient (Wildman–Crippen LogP) is 1.75. The van der Waals surface area contributed by atoms with Crippen molar-refractivity contribution in [1.82, 2.24) is 10.2 Å². The van der Waals surface area contributed by atoms with E-state index in [2.05, 4.69) is 5.32 Å². The Bertz CT molecular complexity index is 536. The van der Waals surface area contributed by atoms with Gasteiger partial charge in [0.2, 0.25) is 0 Å². The van der Waals surface area contributed by atoms with Crippen molar-refractivity contribution < 1.29 is 9.72 Å².